The number of carboxylic acids is 1. The second-order valence-corrected chi connectivity index (χ2v) is 10.2. The number of pyridine rings is 1. The Morgan fingerprint density at radius 3 is 2.74 bits per heavy atom. The number of aromatic nitrogens is 1. The zero-order chi connectivity index (χ0) is 24.8. The number of halogens is 1. The fraction of sp³-hybridized carbons (Fsp3) is 0.346. The minimum atomic E-state index is -0.761. The first-order valence-electron chi connectivity index (χ1n) is 11.5. The van der Waals surface area contributed by atoms with Crippen LogP contribution >= 0.6 is 22.9 Å². The summed E-state index contributed by atoms with van der Waals surface area (Å²) in [5.41, 5.74) is 3.20. The molecular weight excluding hydrogens is 488 g/mol. The molecule has 1 aliphatic carbocycles. The molecule has 4 rings (SSSR count). The molecule has 0 radical (unpaired) electrons. The highest BCUT2D eigenvalue weighted by atomic mass is 35.5. The van der Waals surface area contributed by atoms with Crippen molar-refractivity contribution in [1.82, 2.24) is 10.3 Å². The molecule has 0 aliphatic heterocycles. The first-order valence-corrected chi connectivity index (χ1v) is 12.7. The molecule has 1 fully saturated rings. The van der Waals surface area contributed by atoms with E-state index in [4.69, 9.17) is 26.1 Å². The van der Waals surface area contributed by atoms with Gasteiger partial charge in [0.25, 0.3) is 0 Å². The van der Waals surface area contributed by atoms with Crippen molar-refractivity contribution in [2.45, 2.75) is 51.9 Å². The van der Waals surface area contributed by atoms with E-state index in [-0.39, 0.29) is 25.2 Å². The number of benzene rings is 1. The van der Waals surface area contributed by atoms with E-state index in [9.17, 15) is 14.7 Å². The maximum atomic E-state index is 12.2. The molecule has 0 unspecified atom stereocenters. The number of nitrogens with one attached hydrogen (secondary N) is 1. The van der Waals surface area contributed by atoms with Crippen molar-refractivity contribution in [3.63, 3.8) is 0 Å². The lowest BCUT2D eigenvalue weighted by molar-refractivity contribution is -0.143. The fourth-order valence-corrected chi connectivity index (χ4v) is 5.38. The molecule has 0 spiro atoms. The smallest absolute Gasteiger partial charge is 0.407 e. The highest BCUT2D eigenvalue weighted by Gasteiger charge is 2.28. The molecule has 0 saturated heterocycles. The SMILES string of the molecule is Cc1nc(-c2sc(Cl)cc2CNC(=O)OCc2ccccc2)ccc1O[C@H]1CCC[C@H](C(=O)O)C1. The maximum absolute atomic E-state index is 12.2. The van der Waals surface area contributed by atoms with E-state index in [1.807, 2.05) is 55.5 Å². The average Bonchev–Trinajstić information content (AvgIpc) is 3.24. The number of aliphatic carboxylic acids is 1. The molecule has 1 amide bonds. The summed E-state index contributed by atoms with van der Waals surface area (Å²) in [5.74, 6) is -0.469. The van der Waals surface area contributed by atoms with Crippen molar-refractivity contribution in [2.24, 2.45) is 5.92 Å². The number of carbonyl (C=O) groups excluding carboxylic acids is 1. The number of thiophene rings is 1. The summed E-state index contributed by atoms with van der Waals surface area (Å²) >= 11 is 7.67. The molecular formula is C26H27ClN2O5S. The molecule has 2 heterocycles. The van der Waals surface area contributed by atoms with Gasteiger partial charge in [0.1, 0.15) is 12.4 Å². The second kappa shape index (κ2) is 11.6. The number of hydrogen-bond acceptors (Lipinski definition) is 6. The Hall–Kier alpha value is -3.10. The van der Waals surface area contributed by atoms with Crippen LogP contribution in [-0.2, 0) is 22.7 Å². The Morgan fingerprint density at radius 1 is 1.20 bits per heavy atom. The van der Waals surface area contributed by atoms with E-state index in [1.54, 1.807) is 0 Å². The van der Waals surface area contributed by atoms with Crippen LogP contribution in [0, 0.1) is 12.8 Å². The van der Waals surface area contributed by atoms with Crippen LogP contribution in [0.25, 0.3) is 10.6 Å². The maximum Gasteiger partial charge on any atom is 0.407 e. The normalized spacial score (nSPS) is 17.5. The number of carbonyl (C=O) groups is 2. The molecule has 1 aromatic carbocycles. The molecule has 35 heavy (non-hydrogen) atoms. The van der Waals surface area contributed by atoms with Crippen molar-refractivity contribution < 1.29 is 24.2 Å². The Bertz CT molecular complexity index is 1180. The molecule has 9 heteroatoms. The summed E-state index contributed by atoms with van der Waals surface area (Å²) < 4.78 is 12.0. The fourth-order valence-electron chi connectivity index (χ4n) is 4.14. The number of rotatable bonds is 8. The highest BCUT2D eigenvalue weighted by Crippen LogP contribution is 2.36. The van der Waals surface area contributed by atoms with E-state index in [0.717, 1.165) is 34.5 Å². The summed E-state index contributed by atoms with van der Waals surface area (Å²) in [4.78, 5) is 29.1. The lowest BCUT2D eigenvalue weighted by atomic mass is 9.87. The Labute approximate surface area is 213 Å². The van der Waals surface area contributed by atoms with Crippen LogP contribution < -0.4 is 10.1 Å². The molecule has 3 aromatic rings. The van der Waals surface area contributed by atoms with Gasteiger partial charge < -0.3 is 19.9 Å². The molecule has 2 aromatic heterocycles. The number of aryl methyl sites for hydroxylation is 1. The van der Waals surface area contributed by atoms with Crippen molar-refractivity contribution >= 4 is 35.0 Å². The number of ether oxygens (including phenoxy) is 2. The number of amides is 1. The van der Waals surface area contributed by atoms with Gasteiger partial charge in [-0.05, 0) is 61.9 Å². The van der Waals surface area contributed by atoms with Crippen molar-refractivity contribution in [3.05, 3.63) is 69.7 Å². The molecule has 184 valence electrons. The third-order valence-electron chi connectivity index (χ3n) is 5.95. The zero-order valence-electron chi connectivity index (χ0n) is 19.3. The van der Waals surface area contributed by atoms with E-state index in [0.29, 0.717) is 28.6 Å². The minimum Gasteiger partial charge on any atom is -0.489 e. The van der Waals surface area contributed by atoms with Crippen molar-refractivity contribution in [1.29, 1.82) is 0 Å². The van der Waals surface area contributed by atoms with Gasteiger partial charge in [0.15, 0.2) is 0 Å². The number of carboxylic acid groups (broad SMARTS) is 1. The quantitative estimate of drug-likeness (QED) is 0.370. The van der Waals surface area contributed by atoms with Crippen LogP contribution in [0.3, 0.4) is 0 Å². The first-order chi connectivity index (χ1) is 16.9. The first kappa shape index (κ1) is 25.0. The summed E-state index contributed by atoms with van der Waals surface area (Å²) in [6.45, 7) is 2.31. The topological polar surface area (TPSA) is 97.8 Å². The Kier molecular flexibility index (Phi) is 8.25. The van der Waals surface area contributed by atoms with Crippen LogP contribution in [0.2, 0.25) is 4.34 Å². The summed E-state index contributed by atoms with van der Waals surface area (Å²) in [6, 6.07) is 15.0. The van der Waals surface area contributed by atoms with Crippen LogP contribution in [0.5, 0.6) is 5.75 Å². The van der Waals surface area contributed by atoms with Gasteiger partial charge in [-0.2, -0.15) is 0 Å². The number of alkyl carbamates (subject to hydrolysis) is 1. The van der Waals surface area contributed by atoms with Gasteiger partial charge in [-0.15, -0.1) is 11.3 Å². The molecule has 2 atom stereocenters. The third-order valence-corrected chi connectivity index (χ3v) is 7.28. The molecule has 2 N–H and O–H groups in total. The van der Waals surface area contributed by atoms with Crippen molar-refractivity contribution in [2.75, 3.05) is 0 Å². The lowest BCUT2D eigenvalue weighted by Gasteiger charge is -2.27. The van der Waals surface area contributed by atoms with E-state index in [2.05, 4.69) is 5.32 Å². The monoisotopic (exact) mass is 514 g/mol. The summed E-state index contributed by atoms with van der Waals surface area (Å²) in [6.07, 6.45) is 2.23. The number of nitrogens with zero attached hydrogens (tertiary/aromatic N) is 1. The summed E-state index contributed by atoms with van der Waals surface area (Å²) in [5, 5.41) is 12.1. The standard InChI is InChI=1S/C26H27ClN2O5S/c1-16-22(34-20-9-5-8-18(12-20)25(30)31)11-10-21(29-16)24-19(13-23(27)35-24)14-28-26(32)33-15-17-6-3-2-4-7-17/h2-4,6-7,10-11,13,18,20H,5,8-9,12,14-15H2,1H3,(H,28,32)(H,30,31)/t18-,20-/m0/s1. The molecule has 1 aliphatic rings. The van der Waals surface area contributed by atoms with E-state index >= 15 is 0 Å². The Balaban J connectivity index is 1.39. The van der Waals surface area contributed by atoms with E-state index < -0.39 is 12.1 Å². The largest absolute Gasteiger partial charge is 0.489 e. The lowest BCUT2D eigenvalue weighted by Crippen LogP contribution is -2.29. The van der Waals surface area contributed by atoms with Crippen LogP contribution in [0.4, 0.5) is 4.79 Å². The van der Waals surface area contributed by atoms with Gasteiger partial charge in [0, 0.05) is 6.54 Å². The third kappa shape index (κ3) is 6.74. The van der Waals surface area contributed by atoms with Gasteiger partial charge in [-0.3, -0.25) is 4.79 Å². The van der Waals surface area contributed by atoms with Crippen LogP contribution in [-0.4, -0.2) is 28.3 Å². The average molecular weight is 515 g/mol. The van der Waals surface area contributed by atoms with Crippen LogP contribution in [0.15, 0.2) is 48.5 Å². The van der Waals surface area contributed by atoms with Crippen molar-refractivity contribution in [3.8, 4) is 16.3 Å². The molecule has 0 bridgehead atoms. The molecule has 7 nitrogen and oxygen atoms in total. The Morgan fingerprint density at radius 2 is 2.00 bits per heavy atom. The number of hydrogen-bond donors (Lipinski definition) is 2. The van der Waals surface area contributed by atoms with Gasteiger partial charge in [0.2, 0.25) is 0 Å². The predicted octanol–water partition coefficient (Wildman–Crippen LogP) is 6.22. The highest BCUT2D eigenvalue weighted by molar-refractivity contribution is 7.19. The molecule has 1 saturated carbocycles. The van der Waals surface area contributed by atoms with E-state index in [1.165, 1.54) is 11.3 Å². The second-order valence-electron chi connectivity index (χ2n) is 8.54. The van der Waals surface area contributed by atoms with Gasteiger partial charge in [0.05, 0.1) is 32.6 Å². The zero-order valence-corrected chi connectivity index (χ0v) is 20.9. The predicted molar refractivity (Wildman–Crippen MR) is 135 cm³/mol. The van der Waals surface area contributed by atoms with Gasteiger partial charge >= 0.3 is 12.1 Å². The minimum absolute atomic E-state index is 0.131. The summed E-state index contributed by atoms with van der Waals surface area (Å²) in [7, 11) is 0. The van der Waals surface area contributed by atoms with Crippen LogP contribution in [0.1, 0.15) is 42.5 Å². The van der Waals surface area contributed by atoms with Gasteiger partial charge in [-0.25, -0.2) is 9.78 Å². The van der Waals surface area contributed by atoms with Gasteiger partial charge in [-0.1, -0.05) is 41.9 Å².